The highest BCUT2D eigenvalue weighted by molar-refractivity contribution is 5.87. The number of nitrogens with one attached hydrogen (secondary N) is 1. The van der Waals surface area contributed by atoms with Crippen molar-refractivity contribution in [3.63, 3.8) is 0 Å². The summed E-state index contributed by atoms with van der Waals surface area (Å²) in [5.74, 6) is 0.578. The van der Waals surface area contributed by atoms with Crippen molar-refractivity contribution in [2.24, 2.45) is 5.92 Å². The molecule has 1 unspecified atom stereocenters. The molecule has 1 aliphatic heterocycles. The molecular formula is C21H26N2O. The Morgan fingerprint density at radius 1 is 1.08 bits per heavy atom. The van der Waals surface area contributed by atoms with Crippen LogP contribution in [0.4, 0.5) is 0 Å². The van der Waals surface area contributed by atoms with Crippen molar-refractivity contribution in [1.29, 1.82) is 0 Å². The van der Waals surface area contributed by atoms with E-state index in [2.05, 4.69) is 34.5 Å². The molecule has 0 saturated carbocycles. The molecule has 0 aliphatic carbocycles. The summed E-state index contributed by atoms with van der Waals surface area (Å²) in [5.41, 5.74) is 2.15. The fraction of sp³-hybridized carbons (Fsp3) is 0.381. The lowest BCUT2D eigenvalue weighted by Crippen LogP contribution is -2.44. The molecule has 1 fully saturated rings. The minimum Gasteiger partial charge on any atom is -0.342 e. The van der Waals surface area contributed by atoms with Crippen LogP contribution in [-0.2, 0) is 4.79 Å². The molecule has 0 bridgehead atoms. The second kappa shape index (κ2) is 8.11. The van der Waals surface area contributed by atoms with Crippen LogP contribution < -0.4 is 5.32 Å². The first kappa shape index (κ1) is 16.7. The van der Waals surface area contributed by atoms with Gasteiger partial charge in [0.1, 0.15) is 0 Å². The summed E-state index contributed by atoms with van der Waals surface area (Å²) >= 11 is 0. The number of hydrogen-bond donors (Lipinski definition) is 1. The minimum atomic E-state index is -0.208. The molecule has 1 amide bonds. The highest BCUT2D eigenvalue weighted by atomic mass is 16.2. The third kappa shape index (κ3) is 3.85. The lowest BCUT2D eigenvalue weighted by atomic mass is 9.88. The molecule has 1 atom stereocenters. The number of benzene rings is 2. The van der Waals surface area contributed by atoms with Gasteiger partial charge in [0.15, 0.2) is 0 Å². The Balaban J connectivity index is 1.87. The molecule has 2 aromatic carbocycles. The third-order valence-electron chi connectivity index (χ3n) is 4.84. The van der Waals surface area contributed by atoms with Crippen LogP contribution in [0.3, 0.4) is 0 Å². The first-order chi connectivity index (χ1) is 11.8. The van der Waals surface area contributed by atoms with Crippen molar-refractivity contribution < 1.29 is 4.79 Å². The fourth-order valence-electron chi connectivity index (χ4n) is 3.67. The van der Waals surface area contributed by atoms with E-state index in [1.54, 1.807) is 0 Å². The molecule has 24 heavy (non-hydrogen) atoms. The zero-order chi connectivity index (χ0) is 16.8. The van der Waals surface area contributed by atoms with Gasteiger partial charge in [-0.15, -0.1) is 0 Å². The van der Waals surface area contributed by atoms with Crippen molar-refractivity contribution in [3.8, 4) is 0 Å². The van der Waals surface area contributed by atoms with Crippen LogP contribution in [0.2, 0.25) is 0 Å². The Bertz CT molecular complexity index is 600. The topological polar surface area (TPSA) is 32.3 Å². The van der Waals surface area contributed by atoms with Crippen molar-refractivity contribution in [3.05, 3.63) is 71.8 Å². The van der Waals surface area contributed by atoms with Crippen LogP contribution in [0, 0.1) is 5.92 Å². The van der Waals surface area contributed by atoms with Gasteiger partial charge in [0.25, 0.3) is 0 Å². The summed E-state index contributed by atoms with van der Waals surface area (Å²) in [6.45, 7) is 2.70. The monoisotopic (exact) mass is 322 g/mol. The van der Waals surface area contributed by atoms with Gasteiger partial charge in [0.2, 0.25) is 5.91 Å². The highest BCUT2D eigenvalue weighted by Crippen LogP contribution is 2.28. The summed E-state index contributed by atoms with van der Waals surface area (Å²) in [7, 11) is 1.98. The van der Waals surface area contributed by atoms with Crippen molar-refractivity contribution in [2.45, 2.75) is 18.8 Å². The Morgan fingerprint density at radius 2 is 1.67 bits per heavy atom. The number of carbonyl (C=O) groups is 1. The number of amides is 1. The third-order valence-corrected chi connectivity index (χ3v) is 4.84. The molecule has 0 radical (unpaired) electrons. The Labute approximate surface area is 144 Å². The molecule has 3 rings (SSSR count). The van der Waals surface area contributed by atoms with E-state index in [1.165, 1.54) is 6.42 Å². The minimum absolute atomic E-state index is 0.208. The molecule has 126 valence electrons. The SMILES string of the molecule is CNCC1CCCN(C(=O)C(c2ccccc2)c2ccccc2)C1. The largest absolute Gasteiger partial charge is 0.342 e. The maximum absolute atomic E-state index is 13.4. The molecule has 3 nitrogen and oxygen atoms in total. The van der Waals surface area contributed by atoms with Crippen molar-refractivity contribution in [1.82, 2.24) is 10.2 Å². The zero-order valence-corrected chi connectivity index (χ0v) is 14.3. The van der Waals surface area contributed by atoms with Crippen LogP contribution in [0.15, 0.2) is 60.7 Å². The molecule has 0 aromatic heterocycles. The van der Waals surface area contributed by atoms with Gasteiger partial charge in [-0.2, -0.15) is 0 Å². The summed E-state index contributed by atoms with van der Waals surface area (Å²) < 4.78 is 0. The summed E-state index contributed by atoms with van der Waals surface area (Å²) in [4.78, 5) is 15.4. The first-order valence-electron chi connectivity index (χ1n) is 8.83. The van der Waals surface area contributed by atoms with Crippen LogP contribution in [0.25, 0.3) is 0 Å². The van der Waals surface area contributed by atoms with E-state index >= 15 is 0 Å². The van der Waals surface area contributed by atoms with Crippen molar-refractivity contribution >= 4 is 5.91 Å². The number of carbonyl (C=O) groups excluding carboxylic acids is 1. The molecule has 1 heterocycles. The number of hydrogen-bond acceptors (Lipinski definition) is 2. The molecule has 2 aromatic rings. The highest BCUT2D eigenvalue weighted by Gasteiger charge is 2.30. The predicted molar refractivity (Wildman–Crippen MR) is 98.0 cm³/mol. The molecular weight excluding hydrogens is 296 g/mol. The van der Waals surface area contributed by atoms with Gasteiger partial charge < -0.3 is 10.2 Å². The van der Waals surface area contributed by atoms with Gasteiger partial charge in [-0.25, -0.2) is 0 Å². The predicted octanol–water partition coefficient (Wildman–Crippen LogP) is 3.28. The first-order valence-corrected chi connectivity index (χ1v) is 8.83. The van der Waals surface area contributed by atoms with E-state index in [0.717, 1.165) is 37.2 Å². The standard InChI is InChI=1S/C21H26N2O/c1-22-15-17-9-8-14-23(16-17)21(24)20(18-10-4-2-5-11-18)19-12-6-3-7-13-19/h2-7,10-13,17,20,22H,8-9,14-16H2,1H3. The van der Waals surface area contributed by atoms with E-state index < -0.39 is 0 Å². The van der Waals surface area contributed by atoms with E-state index in [0.29, 0.717) is 5.92 Å². The average molecular weight is 322 g/mol. The van der Waals surface area contributed by atoms with Gasteiger partial charge in [0.05, 0.1) is 5.92 Å². The smallest absolute Gasteiger partial charge is 0.234 e. The lowest BCUT2D eigenvalue weighted by Gasteiger charge is -2.35. The normalized spacial score (nSPS) is 17.9. The number of rotatable bonds is 5. The second-order valence-electron chi connectivity index (χ2n) is 6.60. The molecule has 3 heteroatoms. The van der Waals surface area contributed by atoms with Gasteiger partial charge in [-0.05, 0) is 43.5 Å². The summed E-state index contributed by atoms with van der Waals surface area (Å²) in [6.07, 6.45) is 2.29. The molecule has 1 N–H and O–H groups in total. The van der Waals surface area contributed by atoms with E-state index in [1.807, 2.05) is 43.4 Å². The van der Waals surface area contributed by atoms with Crippen LogP contribution in [0.5, 0.6) is 0 Å². The fourth-order valence-corrected chi connectivity index (χ4v) is 3.67. The Morgan fingerprint density at radius 3 is 2.21 bits per heavy atom. The summed E-state index contributed by atoms with van der Waals surface area (Å²) in [6, 6.07) is 20.3. The second-order valence-corrected chi connectivity index (χ2v) is 6.60. The number of piperidine rings is 1. The molecule has 0 spiro atoms. The maximum atomic E-state index is 13.4. The van der Waals surface area contributed by atoms with Gasteiger partial charge in [0, 0.05) is 13.1 Å². The van der Waals surface area contributed by atoms with Crippen molar-refractivity contribution in [2.75, 3.05) is 26.7 Å². The number of nitrogens with zero attached hydrogens (tertiary/aromatic N) is 1. The Hall–Kier alpha value is -2.13. The lowest BCUT2D eigenvalue weighted by molar-refractivity contribution is -0.133. The van der Waals surface area contributed by atoms with Gasteiger partial charge in [-0.3, -0.25) is 4.79 Å². The summed E-state index contributed by atoms with van der Waals surface area (Å²) in [5, 5.41) is 3.25. The zero-order valence-electron chi connectivity index (χ0n) is 14.3. The van der Waals surface area contributed by atoms with E-state index in [9.17, 15) is 4.79 Å². The maximum Gasteiger partial charge on any atom is 0.234 e. The van der Waals surface area contributed by atoms with Crippen LogP contribution in [0.1, 0.15) is 29.9 Å². The average Bonchev–Trinajstić information content (AvgIpc) is 2.64. The Kier molecular flexibility index (Phi) is 5.65. The van der Waals surface area contributed by atoms with Gasteiger partial charge in [-0.1, -0.05) is 60.7 Å². The van der Waals surface area contributed by atoms with E-state index in [4.69, 9.17) is 0 Å². The van der Waals surface area contributed by atoms with E-state index in [-0.39, 0.29) is 11.8 Å². The number of likely N-dealkylation sites (tertiary alicyclic amines) is 1. The quantitative estimate of drug-likeness (QED) is 0.916. The van der Waals surface area contributed by atoms with Crippen LogP contribution in [-0.4, -0.2) is 37.5 Å². The molecule has 1 aliphatic rings. The van der Waals surface area contributed by atoms with Gasteiger partial charge >= 0.3 is 0 Å². The molecule has 1 saturated heterocycles. The van der Waals surface area contributed by atoms with Crippen LogP contribution >= 0.6 is 0 Å².